The molecule has 0 fully saturated rings. The highest BCUT2D eigenvalue weighted by molar-refractivity contribution is 6.05. The Labute approximate surface area is 216 Å². The highest BCUT2D eigenvalue weighted by atomic mass is 19.1. The molecule has 0 saturated carbocycles. The van der Waals surface area contributed by atoms with E-state index in [4.69, 9.17) is 4.84 Å². The standard InChI is InChI=1S/C30H29FN4O2/c1-5-25(31)11-10-20(3)21(4)34-30(36)24-15-22(26-12-9-19(2)18-33-26)14-23(16-24)28-17-29(37-35-28)27-8-6-7-13-32-27/h5-16,18,21,29H,1,17H2,2-4H3,(H,34,36)/b20-10+,25-11+/t21-,29?/m1/s1. The van der Waals surface area contributed by atoms with Crippen LogP contribution in [0.4, 0.5) is 4.39 Å². The van der Waals surface area contributed by atoms with Crippen LogP contribution in [0.1, 0.15) is 53.6 Å². The minimum atomic E-state index is -0.440. The molecule has 188 valence electrons. The summed E-state index contributed by atoms with van der Waals surface area (Å²) < 4.78 is 13.4. The first-order valence-electron chi connectivity index (χ1n) is 12.0. The Bertz CT molecular complexity index is 1380. The second kappa shape index (κ2) is 11.6. The Morgan fingerprint density at radius 1 is 1.16 bits per heavy atom. The van der Waals surface area contributed by atoms with Crippen molar-refractivity contribution < 1.29 is 14.0 Å². The van der Waals surface area contributed by atoms with Crippen molar-refractivity contribution in [3.05, 3.63) is 120 Å². The van der Waals surface area contributed by atoms with Gasteiger partial charge in [0.1, 0.15) is 5.83 Å². The van der Waals surface area contributed by atoms with E-state index < -0.39 is 5.83 Å². The lowest BCUT2D eigenvalue weighted by atomic mass is 9.96. The monoisotopic (exact) mass is 496 g/mol. The number of carbonyl (C=O) groups excluding carboxylic acids is 1. The molecule has 2 atom stereocenters. The van der Waals surface area contributed by atoms with E-state index in [1.807, 2.05) is 63.2 Å². The predicted molar refractivity (Wildman–Crippen MR) is 144 cm³/mol. The van der Waals surface area contributed by atoms with Crippen molar-refractivity contribution in [3.63, 3.8) is 0 Å². The lowest BCUT2D eigenvalue weighted by molar-refractivity contribution is 0.0826. The fraction of sp³-hybridized carbons (Fsp3) is 0.200. The van der Waals surface area contributed by atoms with Gasteiger partial charge < -0.3 is 10.2 Å². The first-order chi connectivity index (χ1) is 17.8. The van der Waals surface area contributed by atoms with E-state index in [0.29, 0.717) is 12.0 Å². The summed E-state index contributed by atoms with van der Waals surface area (Å²) in [5.74, 6) is -0.700. The molecule has 0 radical (unpaired) electrons. The number of oxime groups is 1. The van der Waals surface area contributed by atoms with Crippen LogP contribution in [-0.2, 0) is 4.84 Å². The molecule has 4 rings (SSSR count). The van der Waals surface area contributed by atoms with E-state index in [-0.39, 0.29) is 18.1 Å². The summed E-state index contributed by atoms with van der Waals surface area (Å²) in [5, 5.41) is 7.31. The first kappa shape index (κ1) is 25.7. The first-order valence-corrected chi connectivity index (χ1v) is 12.0. The molecule has 1 aromatic carbocycles. The van der Waals surface area contributed by atoms with Crippen molar-refractivity contribution in [1.82, 2.24) is 15.3 Å². The molecule has 1 amide bonds. The molecule has 37 heavy (non-hydrogen) atoms. The van der Waals surface area contributed by atoms with Gasteiger partial charge in [-0.15, -0.1) is 0 Å². The number of carbonyl (C=O) groups is 1. The molecule has 1 aliphatic heterocycles. The molecular weight excluding hydrogens is 467 g/mol. The lowest BCUT2D eigenvalue weighted by Crippen LogP contribution is -2.33. The predicted octanol–water partition coefficient (Wildman–Crippen LogP) is 6.42. The largest absolute Gasteiger partial charge is 0.385 e. The van der Waals surface area contributed by atoms with Gasteiger partial charge in [0, 0.05) is 41.5 Å². The number of aryl methyl sites for hydroxylation is 1. The Morgan fingerprint density at radius 2 is 1.97 bits per heavy atom. The van der Waals surface area contributed by atoms with Crippen molar-refractivity contribution in [1.29, 1.82) is 0 Å². The molecule has 2 aromatic heterocycles. The maximum atomic E-state index is 13.4. The van der Waals surface area contributed by atoms with E-state index in [1.54, 1.807) is 24.5 Å². The summed E-state index contributed by atoms with van der Waals surface area (Å²) in [6.45, 7) is 9.06. The molecule has 3 aromatic rings. The Morgan fingerprint density at radius 3 is 2.68 bits per heavy atom. The second-order valence-electron chi connectivity index (χ2n) is 8.97. The fourth-order valence-electron chi connectivity index (χ4n) is 3.80. The van der Waals surface area contributed by atoms with Gasteiger partial charge in [-0.05, 0) is 74.9 Å². The summed E-state index contributed by atoms with van der Waals surface area (Å²) in [4.78, 5) is 27.9. The van der Waals surface area contributed by atoms with Crippen LogP contribution < -0.4 is 5.32 Å². The van der Waals surface area contributed by atoms with E-state index >= 15 is 0 Å². The molecule has 6 nitrogen and oxygen atoms in total. The Hall–Kier alpha value is -4.39. The smallest absolute Gasteiger partial charge is 0.251 e. The maximum Gasteiger partial charge on any atom is 0.251 e. The number of nitrogens with one attached hydrogen (secondary N) is 1. The van der Waals surface area contributed by atoms with Gasteiger partial charge in [-0.2, -0.15) is 0 Å². The van der Waals surface area contributed by atoms with Gasteiger partial charge in [0.15, 0.2) is 6.10 Å². The Kier molecular flexibility index (Phi) is 8.03. The van der Waals surface area contributed by atoms with E-state index in [9.17, 15) is 9.18 Å². The zero-order valence-electron chi connectivity index (χ0n) is 21.1. The SMILES string of the molecule is C=C/C(F)=C\C=C(/C)[C@@H](C)NC(=O)c1cc(C2=NOC(c3ccccn3)C2)cc(-c2ccc(C)cn2)c1. The van der Waals surface area contributed by atoms with Gasteiger partial charge in [0.05, 0.1) is 17.1 Å². The summed E-state index contributed by atoms with van der Waals surface area (Å²) in [6, 6.07) is 14.8. The molecule has 1 N–H and O–H groups in total. The number of halogens is 1. The maximum absolute atomic E-state index is 13.4. The number of aromatic nitrogens is 2. The molecule has 1 unspecified atom stereocenters. The summed E-state index contributed by atoms with van der Waals surface area (Å²) >= 11 is 0. The van der Waals surface area contributed by atoms with Gasteiger partial charge in [0.2, 0.25) is 0 Å². The molecular formula is C30H29FN4O2. The fourth-order valence-corrected chi connectivity index (χ4v) is 3.80. The number of rotatable bonds is 8. The third kappa shape index (κ3) is 6.44. The zero-order chi connectivity index (χ0) is 26.4. The Balaban J connectivity index is 1.63. The van der Waals surface area contributed by atoms with Crippen LogP contribution in [0.15, 0.2) is 102 Å². The number of hydrogen-bond donors (Lipinski definition) is 1. The minimum Gasteiger partial charge on any atom is -0.385 e. The van der Waals surface area contributed by atoms with Crippen molar-refractivity contribution in [2.75, 3.05) is 0 Å². The summed E-state index contributed by atoms with van der Waals surface area (Å²) in [5.41, 5.74) is 6.16. The number of pyridine rings is 2. The van der Waals surface area contributed by atoms with E-state index in [1.165, 1.54) is 6.08 Å². The number of benzene rings is 1. The van der Waals surface area contributed by atoms with Crippen molar-refractivity contribution in [3.8, 4) is 11.3 Å². The average molecular weight is 497 g/mol. The molecule has 0 aliphatic carbocycles. The second-order valence-corrected chi connectivity index (χ2v) is 8.97. The van der Waals surface area contributed by atoms with Crippen molar-refractivity contribution >= 4 is 11.6 Å². The van der Waals surface area contributed by atoms with Crippen LogP contribution in [0, 0.1) is 6.92 Å². The van der Waals surface area contributed by atoms with Crippen LogP contribution in [-0.4, -0.2) is 27.6 Å². The van der Waals surface area contributed by atoms with Gasteiger partial charge >= 0.3 is 0 Å². The minimum absolute atomic E-state index is 0.260. The van der Waals surface area contributed by atoms with Gasteiger partial charge in [-0.3, -0.25) is 14.8 Å². The van der Waals surface area contributed by atoms with Gasteiger partial charge in [-0.1, -0.05) is 35.5 Å². The molecule has 0 spiro atoms. The van der Waals surface area contributed by atoms with E-state index in [0.717, 1.165) is 45.4 Å². The van der Waals surface area contributed by atoms with Gasteiger partial charge in [0.25, 0.3) is 5.91 Å². The quantitative estimate of drug-likeness (QED) is 0.365. The van der Waals surface area contributed by atoms with Crippen LogP contribution in [0.2, 0.25) is 0 Å². The number of allylic oxidation sites excluding steroid dienone is 4. The number of hydrogen-bond acceptors (Lipinski definition) is 5. The number of nitrogens with zero attached hydrogens (tertiary/aromatic N) is 3. The third-order valence-corrected chi connectivity index (χ3v) is 6.15. The van der Waals surface area contributed by atoms with Crippen LogP contribution in [0.5, 0.6) is 0 Å². The van der Waals surface area contributed by atoms with E-state index in [2.05, 4.69) is 27.0 Å². The summed E-state index contributed by atoms with van der Waals surface area (Å²) in [6.07, 6.45) is 7.84. The van der Waals surface area contributed by atoms with Crippen molar-refractivity contribution in [2.45, 2.75) is 39.3 Å². The summed E-state index contributed by atoms with van der Waals surface area (Å²) in [7, 11) is 0. The normalized spacial score (nSPS) is 16.5. The van der Waals surface area contributed by atoms with Crippen LogP contribution >= 0.6 is 0 Å². The number of amides is 1. The molecule has 0 bridgehead atoms. The zero-order valence-corrected chi connectivity index (χ0v) is 21.1. The highest BCUT2D eigenvalue weighted by Crippen LogP contribution is 2.30. The lowest BCUT2D eigenvalue weighted by Gasteiger charge is -2.16. The molecule has 3 heterocycles. The topological polar surface area (TPSA) is 76.5 Å². The average Bonchev–Trinajstić information content (AvgIpc) is 3.42. The molecule has 1 aliphatic rings. The third-order valence-electron chi connectivity index (χ3n) is 6.15. The highest BCUT2D eigenvalue weighted by Gasteiger charge is 2.26. The van der Waals surface area contributed by atoms with Crippen molar-refractivity contribution in [2.24, 2.45) is 5.16 Å². The van der Waals surface area contributed by atoms with Crippen LogP contribution in [0.3, 0.4) is 0 Å². The molecule has 7 heteroatoms. The van der Waals surface area contributed by atoms with Gasteiger partial charge in [-0.25, -0.2) is 4.39 Å². The van der Waals surface area contributed by atoms with Crippen LogP contribution in [0.25, 0.3) is 11.3 Å². The molecule has 0 saturated heterocycles.